The van der Waals surface area contributed by atoms with Crippen LogP contribution < -0.4 is 10.6 Å². The van der Waals surface area contributed by atoms with Gasteiger partial charge in [0, 0.05) is 49.5 Å². The average Bonchev–Trinajstić information content (AvgIpc) is 3.54. The molecule has 0 aromatic carbocycles. The molecule has 56 heavy (non-hydrogen) atoms. The number of hydroxylamine groups is 2. The summed E-state index contributed by atoms with van der Waals surface area (Å²) in [6.45, 7) is 11.2. The second-order valence-corrected chi connectivity index (χ2v) is 20.6. The molecule has 11 nitrogen and oxygen atoms in total. The number of nitrogens with one attached hydrogen (secondary N) is 2. The number of rotatable bonds is 16. The Morgan fingerprint density at radius 3 is 2.36 bits per heavy atom. The van der Waals surface area contributed by atoms with E-state index in [0.717, 1.165) is 70.4 Å². The van der Waals surface area contributed by atoms with Crippen LogP contribution in [0.5, 0.6) is 0 Å². The summed E-state index contributed by atoms with van der Waals surface area (Å²) in [5.74, 6) is 2.63. The first kappa shape index (κ1) is 44.2. The van der Waals surface area contributed by atoms with E-state index in [2.05, 4.69) is 69.4 Å². The summed E-state index contributed by atoms with van der Waals surface area (Å²) >= 11 is 0. The first-order valence-electron chi connectivity index (χ1n) is 22.9. The number of ether oxygens (including phenoxy) is 1. The van der Waals surface area contributed by atoms with Crippen LogP contribution >= 0.6 is 0 Å². The molecule has 0 aromatic rings. The van der Waals surface area contributed by atoms with E-state index in [-0.39, 0.29) is 48.3 Å². The largest absolute Gasteiger partial charge is 0.394 e. The van der Waals surface area contributed by atoms with Gasteiger partial charge in [-0.3, -0.25) is 14.4 Å². The van der Waals surface area contributed by atoms with Crippen molar-refractivity contribution in [3.8, 4) is 0 Å². The van der Waals surface area contributed by atoms with E-state index in [1.165, 1.54) is 38.5 Å². The van der Waals surface area contributed by atoms with Crippen LogP contribution in [-0.4, -0.2) is 134 Å². The fourth-order valence-corrected chi connectivity index (χ4v) is 12.7. The van der Waals surface area contributed by atoms with Crippen LogP contribution in [0.3, 0.4) is 0 Å². The van der Waals surface area contributed by atoms with Gasteiger partial charge in [0.2, 0.25) is 11.8 Å². The minimum absolute atomic E-state index is 0.0128. The predicted molar refractivity (Wildman–Crippen MR) is 220 cm³/mol. The molecule has 1 saturated heterocycles. The molecule has 1 aliphatic heterocycles. The normalized spacial score (nSPS) is 39.7. The highest BCUT2D eigenvalue weighted by Gasteiger charge is 2.58. The van der Waals surface area contributed by atoms with Gasteiger partial charge in [-0.25, -0.2) is 0 Å². The van der Waals surface area contributed by atoms with Crippen molar-refractivity contribution in [2.45, 2.75) is 154 Å². The number of amides is 2. The van der Waals surface area contributed by atoms with Gasteiger partial charge in [-0.2, -0.15) is 5.06 Å². The van der Waals surface area contributed by atoms with E-state index in [4.69, 9.17) is 9.57 Å². The number of aliphatic hydroxyl groups excluding tert-OH is 2. The van der Waals surface area contributed by atoms with Crippen molar-refractivity contribution in [1.29, 1.82) is 0 Å². The van der Waals surface area contributed by atoms with Crippen molar-refractivity contribution in [3.63, 3.8) is 0 Å². The zero-order valence-electron chi connectivity index (χ0n) is 36.5. The molecule has 6 aliphatic carbocycles. The maximum Gasteiger partial charge on any atom is 0.240 e. The Morgan fingerprint density at radius 2 is 1.71 bits per heavy atom. The van der Waals surface area contributed by atoms with Crippen LogP contribution in [0, 0.1) is 58.7 Å². The van der Waals surface area contributed by atoms with Gasteiger partial charge in [0.25, 0.3) is 0 Å². The fourth-order valence-electron chi connectivity index (χ4n) is 12.7. The van der Waals surface area contributed by atoms with Gasteiger partial charge >= 0.3 is 0 Å². The monoisotopic (exact) mass is 788 g/mol. The molecule has 2 amide bonds. The number of fused-ring (bicyclic) bond motifs is 2. The van der Waals surface area contributed by atoms with E-state index >= 15 is 0 Å². The lowest BCUT2D eigenvalue weighted by Crippen LogP contribution is -2.62. The maximum absolute atomic E-state index is 14.5. The Bertz CT molecular complexity index is 1280. The van der Waals surface area contributed by atoms with Crippen LogP contribution in [-0.2, 0) is 19.2 Å². The Labute approximate surface area is 339 Å². The lowest BCUT2D eigenvalue weighted by atomic mass is 9.45. The summed E-state index contributed by atoms with van der Waals surface area (Å²) in [6, 6.07) is -0.280. The molecule has 1 heterocycles. The number of aliphatic hydroxyl groups is 2. The van der Waals surface area contributed by atoms with Gasteiger partial charge in [0.15, 0.2) is 0 Å². The van der Waals surface area contributed by atoms with E-state index in [1.54, 1.807) is 6.92 Å². The number of likely N-dealkylation sites (N-methyl/N-ethyl adjacent to an activating group) is 1. The molecule has 11 heteroatoms. The van der Waals surface area contributed by atoms with Gasteiger partial charge in [-0.15, -0.1) is 0 Å². The van der Waals surface area contributed by atoms with Crippen LogP contribution in [0.1, 0.15) is 118 Å². The standard InChI is InChI=1S/C45H81N5O6/c1-28-37-24-34(45(37,3)4)25-38(28)47-44(54)41-40(29(2)52)39(27-51)56-50(41)26-31-15-12-16-36(42(31)55-20-19-48(5)6)32-21-33(23-35(22-32)49(7)8)43(53)46-18-17-30-13-10-9-11-14-30/h28-42,51-52H,9-27H2,1-8H3,(H,46,53)(H,47,54)/t28-,29-,31?,32?,33?,34+,35?,36?,37-,38+,39-,40+,41-,42?/m0/s1. The van der Waals surface area contributed by atoms with Crippen molar-refractivity contribution in [3.05, 3.63) is 0 Å². The molecule has 6 unspecified atom stereocenters. The van der Waals surface area contributed by atoms with Gasteiger partial charge in [-0.1, -0.05) is 59.3 Å². The highest BCUT2D eigenvalue weighted by Crippen LogP contribution is 2.61. The van der Waals surface area contributed by atoms with Crippen LogP contribution in [0.15, 0.2) is 0 Å². The Morgan fingerprint density at radius 1 is 0.964 bits per heavy atom. The SMILES string of the molecule is C[C@@H]1[C@H](NC(=O)[C@@H]2[C@H]([C@H](C)O)[C@H](CO)ON2CC2CCCC(C3CC(C(=O)NCCC4CCCCC4)CC(N(C)C)C3)C2OCCN(C)C)C[C@H]2C[C@@H]1C2(C)C. The Kier molecular flexibility index (Phi) is 15.3. The van der Waals surface area contributed by atoms with Crippen LogP contribution in [0.4, 0.5) is 0 Å². The van der Waals surface area contributed by atoms with Crippen molar-refractivity contribution >= 4 is 11.8 Å². The number of nitrogens with zero attached hydrogens (tertiary/aromatic N) is 3. The summed E-state index contributed by atoms with van der Waals surface area (Å²) in [5, 5.41) is 30.3. The van der Waals surface area contributed by atoms with E-state index in [9.17, 15) is 19.8 Å². The highest BCUT2D eigenvalue weighted by atomic mass is 16.7. The molecule has 6 saturated carbocycles. The molecule has 7 rings (SSSR count). The van der Waals surface area contributed by atoms with Gasteiger partial charge in [-0.05, 0) is 127 Å². The smallest absolute Gasteiger partial charge is 0.240 e. The summed E-state index contributed by atoms with van der Waals surface area (Å²) < 4.78 is 6.96. The van der Waals surface area contributed by atoms with Crippen molar-refractivity contribution in [2.75, 3.05) is 61.0 Å². The van der Waals surface area contributed by atoms with Crippen molar-refractivity contribution in [1.82, 2.24) is 25.5 Å². The molecule has 0 spiro atoms. The third-order valence-electron chi connectivity index (χ3n) is 16.3. The molecule has 4 N–H and O–H groups in total. The summed E-state index contributed by atoms with van der Waals surface area (Å²) in [5.41, 5.74) is 0.315. The molecule has 2 bridgehead atoms. The first-order valence-corrected chi connectivity index (χ1v) is 22.9. The lowest BCUT2D eigenvalue weighted by Gasteiger charge is -2.62. The van der Waals surface area contributed by atoms with Crippen LogP contribution in [0.2, 0.25) is 0 Å². The molecular formula is C45H81N5O6. The first-order chi connectivity index (χ1) is 26.7. The van der Waals surface area contributed by atoms with Gasteiger partial charge in [0.05, 0.1) is 25.4 Å². The summed E-state index contributed by atoms with van der Waals surface area (Å²) in [4.78, 5) is 39.3. The van der Waals surface area contributed by atoms with E-state index in [1.807, 2.05) is 5.06 Å². The van der Waals surface area contributed by atoms with E-state index in [0.29, 0.717) is 48.3 Å². The summed E-state index contributed by atoms with van der Waals surface area (Å²) in [6.07, 6.45) is 14.3. The second-order valence-electron chi connectivity index (χ2n) is 20.6. The van der Waals surface area contributed by atoms with Crippen LogP contribution in [0.25, 0.3) is 0 Å². The molecular weight excluding hydrogens is 707 g/mol. The quantitative estimate of drug-likeness (QED) is 0.172. The average molecular weight is 788 g/mol. The predicted octanol–water partition coefficient (Wildman–Crippen LogP) is 4.94. The zero-order valence-corrected chi connectivity index (χ0v) is 36.5. The van der Waals surface area contributed by atoms with E-state index < -0.39 is 24.2 Å². The minimum atomic E-state index is -0.828. The molecule has 14 atom stereocenters. The Balaban J connectivity index is 1.18. The lowest BCUT2D eigenvalue weighted by molar-refractivity contribution is -0.195. The number of carbonyl (C=O) groups excluding carboxylic acids is 2. The second kappa shape index (κ2) is 19.4. The maximum atomic E-state index is 14.5. The molecule has 7 fully saturated rings. The number of hydrogen-bond donors (Lipinski definition) is 4. The highest BCUT2D eigenvalue weighted by molar-refractivity contribution is 5.83. The summed E-state index contributed by atoms with van der Waals surface area (Å²) in [7, 11) is 8.46. The molecule has 0 radical (unpaired) electrons. The van der Waals surface area contributed by atoms with Crippen molar-refractivity contribution < 1.29 is 29.4 Å². The van der Waals surface area contributed by atoms with Gasteiger partial charge in [0.1, 0.15) is 12.1 Å². The molecule has 322 valence electrons. The topological polar surface area (TPSA) is 127 Å². The molecule has 7 aliphatic rings. The number of carbonyl (C=O) groups is 2. The molecule has 0 aromatic heterocycles. The Hall–Kier alpha value is -1.34. The van der Waals surface area contributed by atoms with Crippen molar-refractivity contribution in [2.24, 2.45) is 58.7 Å². The van der Waals surface area contributed by atoms with Gasteiger partial charge < -0.3 is 35.4 Å². The third-order valence-corrected chi connectivity index (χ3v) is 16.3. The minimum Gasteiger partial charge on any atom is -0.394 e. The zero-order chi connectivity index (χ0) is 40.3. The number of hydrogen-bond acceptors (Lipinski definition) is 9. The fraction of sp³-hybridized carbons (Fsp3) is 0.956. The third kappa shape index (κ3) is 9.98.